The molecule has 1 aromatic heterocycles. The van der Waals surface area contributed by atoms with Gasteiger partial charge >= 0.3 is 0 Å². The van der Waals surface area contributed by atoms with Crippen molar-refractivity contribution in [1.82, 2.24) is 0 Å². The van der Waals surface area contributed by atoms with Crippen LogP contribution in [0.1, 0.15) is 15.9 Å². The number of hydrogen-bond donors (Lipinski definition) is 0. The Balaban J connectivity index is 2.70. The molecule has 0 bridgehead atoms. The predicted molar refractivity (Wildman–Crippen MR) is 64.0 cm³/mol. The molecule has 0 amide bonds. The van der Waals surface area contributed by atoms with Crippen LogP contribution < -0.4 is 0 Å². The van der Waals surface area contributed by atoms with Gasteiger partial charge in [-0.3, -0.25) is 4.79 Å². The number of halogens is 7. The van der Waals surface area contributed by atoms with Gasteiger partial charge in [0.15, 0.2) is 23.3 Å². The summed E-state index contributed by atoms with van der Waals surface area (Å²) in [7, 11) is 0. The van der Waals surface area contributed by atoms with Crippen LogP contribution in [0.2, 0.25) is 8.67 Å². The number of hydrogen-bond acceptors (Lipinski definition) is 2. The van der Waals surface area contributed by atoms with Gasteiger partial charge in [0.05, 0.1) is 9.90 Å². The van der Waals surface area contributed by atoms with E-state index in [9.17, 15) is 26.7 Å². The molecule has 0 aliphatic rings. The largest absolute Gasteiger partial charge is 0.288 e. The fraction of sp³-hybridized carbons (Fsp3) is 0. The van der Waals surface area contributed by atoms with Crippen molar-refractivity contribution >= 4 is 40.3 Å². The van der Waals surface area contributed by atoms with Crippen LogP contribution in [0, 0.1) is 29.1 Å². The lowest BCUT2D eigenvalue weighted by atomic mass is 10.0. The second-order valence-corrected chi connectivity index (χ2v) is 5.80. The highest BCUT2D eigenvalue weighted by atomic mass is 35.5. The molecule has 9 heteroatoms. The number of carbonyl (C=O) groups excluding carboxylic acids is 1. The lowest BCUT2D eigenvalue weighted by Crippen LogP contribution is -2.13. The maximum absolute atomic E-state index is 13.5. The molecule has 2 aromatic rings. The molecular formula is C11HCl2F5OS. The van der Waals surface area contributed by atoms with Gasteiger partial charge < -0.3 is 0 Å². The fourth-order valence-corrected chi connectivity index (χ4v) is 2.89. The van der Waals surface area contributed by atoms with Crippen LogP contribution in [-0.2, 0) is 0 Å². The van der Waals surface area contributed by atoms with E-state index in [1.54, 1.807) is 0 Å². The molecule has 1 heterocycles. The molecular weight excluding hydrogens is 346 g/mol. The van der Waals surface area contributed by atoms with Crippen molar-refractivity contribution in [3.05, 3.63) is 55.0 Å². The maximum Gasteiger partial charge on any atom is 0.201 e. The number of thiophene rings is 1. The monoisotopic (exact) mass is 346 g/mol. The highest BCUT2D eigenvalue weighted by Gasteiger charge is 2.31. The predicted octanol–water partition coefficient (Wildman–Crippen LogP) is 4.98. The van der Waals surface area contributed by atoms with Gasteiger partial charge in [0.25, 0.3) is 0 Å². The Morgan fingerprint density at radius 3 is 1.75 bits per heavy atom. The highest BCUT2D eigenvalue weighted by molar-refractivity contribution is 7.20. The van der Waals surface area contributed by atoms with Gasteiger partial charge in [-0.15, -0.1) is 11.3 Å². The highest BCUT2D eigenvalue weighted by Crippen LogP contribution is 2.34. The first-order valence-electron chi connectivity index (χ1n) is 4.76. The van der Waals surface area contributed by atoms with Crippen LogP contribution in [0.15, 0.2) is 6.07 Å². The summed E-state index contributed by atoms with van der Waals surface area (Å²) >= 11 is 11.9. The van der Waals surface area contributed by atoms with E-state index in [2.05, 4.69) is 0 Å². The van der Waals surface area contributed by atoms with E-state index in [1.165, 1.54) is 0 Å². The molecule has 106 valence electrons. The third-order valence-corrected chi connectivity index (χ3v) is 3.83. The van der Waals surface area contributed by atoms with Gasteiger partial charge in [-0.1, -0.05) is 23.2 Å². The smallest absolute Gasteiger partial charge is 0.201 e. The third-order valence-electron chi connectivity index (χ3n) is 2.34. The van der Waals surface area contributed by atoms with Gasteiger partial charge in [0, 0.05) is 0 Å². The second kappa shape index (κ2) is 5.31. The zero-order valence-corrected chi connectivity index (χ0v) is 11.4. The summed E-state index contributed by atoms with van der Waals surface area (Å²) in [6.07, 6.45) is 0. The SMILES string of the molecule is O=C(c1cc(Cl)sc1Cl)c1c(F)c(F)c(F)c(F)c1F. The normalized spacial score (nSPS) is 10.9. The van der Waals surface area contributed by atoms with E-state index < -0.39 is 46.0 Å². The van der Waals surface area contributed by atoms with E-state index in [4.69, 9.17) is 23.2 Å². The van der Waals surface area contributed by atoms with Crippen molar-refractivity contribution in [2.45, 2.75) is 0 Å². The first kappa shape index (κ1) is 15.2. The molecule has 1 nitrogen and oxygen atoms in total. The molecule has 0 fully saturated rings. The van der Waals surface area contributed by atoms with Crippen molar-refractivity contribution in [3.8, 4) is 0 Å². The fourth-order valence-electron chi connectivity index (χ4n) is 1.43. The number of benzene rings is 1. The molecule has 0 radical (unpaired) electrons. The first-order valence-corrected chi connectivity index (χ1v) is 6.34. The Labute approximate surface area is 122 Å². The first-order chi connectivity index (χ1) is 9.25. The van der Waals surface area contributed by atoms with Crippen LogP contribution in [0.3, 0.4) is 0 Å². The number of rotatable bonds is 2. The topological polar surface area (TPSA) is 17.1 Å². The number of ketones is 1. The van der Waals surface area contributed by atoms with E-state index in [0.29, 0.717) is 0 Å². The molecule has 0 saturated carbocycles. The summed E-state index contributed by atoms with van der Waals surface area (Å²) in [6, 6.07) is 0.981. The van der Waals surface area contributed by atoms with Crippen LogP contribution in [0.25, 0.3) is 0 Å². The van der Waals surface area contributed by atoms with E-state index in [1.807, 2.05) is 0 Å². The molecule has 2 rings (SSSR count). The van der Waals surface area contributed by atoms with E-state index in [-0.39, 0.29) is 8.67 Å². The van der Waals surface area contributed by atoms with Crippen LogP contribution in [0.5, 0.6) is 0 Å². The zero-order chi connectivity index (χ0) is 15.2. The molecule has 1 aromatic carbocycles. The molecule has 0 unspecified atom stereocenters. The van der Waals surface area contributed by atoms with Gasteiger partial charge in [0.1, 0.15) is 9.90 Å². The Morgan fingerprint density at radius 2 is 1.35 bits per heavy atom. The van der Waals surface area contributed by atoms with Gasteiger partial charge in [0.2, 0.25) is 11.6 Å². The standard InChI is InChI=1S/C11HCl2F5OS/c12-3-1-2(11(13)20-3)10(19)4-5(14)7(16)9(18)8(17)6(4)15/h1H. The summed E-state index contributed by atoms with van der Waals surface area (Å²) in [4.78, 5) is 11.9. The summed E-state index contributed by atoms with van der Waals surface area (Å²) in [6.45, 7) is 0. The molecule has 0 aliphatic heterocycles. The van der Waals surface area contributed by atoms with Crippen molar-refractivity contribution in [3.63, 3.8) is 0 Å². The van der Waals surface area contributed by atoms with Crippen LogP contribution in [0.4, 0.5) is 22.0 Å². The van der Waals surface area contributed by atoms with Crippen LogP contribution in [-0.4, -0.2) is 5.78 Å². The number of carbonyl (C=O) groups is 1. The van der Waals surface area contributed by atoms with Gasteiger partial charge in [-0.2, -0.15) is 0 Å². The summed E-state index contributed by atoms with van der Waals surface area (Å²) in [5.74, 6) is -12.6. The Bertz CT molecular complexity index is 699. The molecule has 0 N–H and O–H groups in total. The van der Waals surface area contributed by atoms with Crippen molar-refractivity contribution < 1.29 is 26.7 Å². The van der Waals surface area contributed by atoms with Gasteiger partial charge in [-0.25, -0.2) is 22.0 Å². The van der Waals surface area contributed by atoms with Crippen molar-refractivity contribution in [1.29, 1.82) is 0 Å². The Hall–Kier alpha value is -1.18. The average Bonchev–Trinajstić information content (AvgIpc) is 2.73. The van der Waals surface area contributed by atoms with Gasteiger partial charge in [-0.05, 0) is 6.07 Å². The minimum atomic E-state index is -2.34. The molecule has 0 atom stereocenters. The van der Waals surface area contributed by atoms with Crippen molar-refractivity contribution in [2.24, 2.45) is 0 Å². The lowest BCUT2D eigenvalue weighted by Gasteiger charge is -2.06. The minimum Gasteiger partial charge on any atom is -0.288 e. The Kier molecular flexibility index (Phi) is 4.04. The molecule has 0 aliphatic carbocycles. The van der Waals surface area contributed by atoms with E-state index in [0.717, 1.165) is 17.4 Å². The third kappa shape index (κ3) is 2.30. The Morgan fingerprint density at radius 1 is 0.900 bits per heavy atom. The quantitative estimate of drug-likeness (QED) is 0.324. The lowest BCUT2D eigenvalue weighted by molar-refractivity contribution is 0.102. The minimum absolute atomic E-state index is 0.0298. The molecule has 20 heavy (non-hydrogen) atoms. The summed E-state index contributed by atoms with van der Waals surface area (Å²) < 4.78 is 65.6. The zero-order valence-electron chi connectivity index (χ0n) is 9.04. The summed E-state index contributed by atoms with van der Waals surface area (Å²) in [5, 5.41) is 0. The second-order valence-electron chi connectivity index (χ2n) is 3.51. The average molecular weight is 347 g/mol. The van der Waals surface area contributed by atoms with E-state index >= 15 is 0 Å². The maximum atomic E-state index is 13.5. The van der Waals surface area contributed by atoms with Crippen LogP contribution >= 0.6 is 34.5 Å². The summed E-state index contributed by atoms with van der Waals surface area (Å²) in [5.41, 5.74) is -2.01. The van der Waals surface area contributed by atoms with Crippen molar-refractivity contribution in [2.75, 3.05) is 0 Å². The molecule has 0 spiro atoms. The molecule has 0 saturated heterocycles.